The molecule has 0 aromatic heterocycles. The van der Waals surface area contributed by atoms with Crippen LogP contribution >= 0.6 is 0 Å². The molecule has 29 nitrogen and oxygen atoms in total. The van der Waals surface area contributed by atoms with Gasteiger partial charge in [-0.15, -0.1) is 0 Å². The van der Waals surface area contributed by atoms with Gasteiger partial charge in [0.25, 0.3) is 5.91 Å². The van der Waals surface area contributed by atoms with E-state index in [4.69, 9.17) is 61.7 Å². The Morgan fingerprint density at radius 1 is 0.522 bits per heavy atom. The van der Waals surface area contributed by atoms with E-state index in [0.29, 0.717) is 24.5 Å². The number of hydrogen-bond acceptors (Lipinski definition) is 26. The van der Waals surface area contributed by atoms with Gasteiger partial charge in [0, 0.05) is 238 Å². The van der Waals surface area contributed by atoms with Crippen LogP contribution in [0.5, 0.6) is 17.2 Å². The van der Waals surface area contributed by atoms with Gasteiger partial charge in [0.1, 0.15) is 22.9 Å². The minimum atomic E-state index is -1.44. The van der Waals surface area contributed by atoms with Crippen molar-refractivity contribution in [2.45, 2.75) is 113 Å². The number of carbonyl (C=O) groups excluding carboxylic acids is 1. The second-order valence-electron chi connectivity index (χ2n) is 26.0. The largest absolute Gasteiger partial charge is 0 e. The van der Waals surface area contributed by atoms with Gasteiger partial charge in [0.15, 0.2) is 0 Å². The number of allylic oxidation sites excluding steroid dienone is 4. The van der Waals surface area contributed by atoms with Crippen molar-refractivity contribution >= 4 is 58.3 Å². The summed E-state index contributed by atoms with van der Waals surface area (Å²) in [5.74, 6) is 2.48. The maximum Gasteiger partial charge on any atom is 0 e. The predicted molar refractivity (Wildman–Crippen MR) is 456 cm³/mol. The molecular weight excluding hydrogens is 1660 g/mol. The van der Waals surface area contributed by atoms with Crippen molar-refractivity contribution in [3.63, 3.8) is 0 Å². The molecule has 113 heavy (non-hydrogen) atoms. The van der Waals surface area contributed by atoms with Crippen LogP contribution in [0, 0.1) is 12.8 Å². The maximum atomic E-state index is 12.3. The third-order valence-electron chi connectivity index (χ3n) is 18.8. The van der Waals surface area contributed by atoms with Gasteiger partial charge in [-0.05, 0) is 193 Å². The normalized spacial score (nSPS) is 19.3. The Hall–Kier alpha value is -8.46. The maximum absolute atomic E-state index is 12.3. The van der Waals surface area contributed by atoms with Crippen molar-refractivity contribution in [1.82, 2.24) is 30.7 Å². The number of methoxy groups -OCH3 is 3. The second-order valence-corrected chi connectivity index (χ2v) is 26.2. The van der Waals surface area contributed by atoms with Crippen LogP contribution in [-0.2, 0) is 87.8 Å². The van der Waals surface area contributed by atoms with Gasteiger partial charge in [-0.2, -0.15) is 0 Å². The van der Waals surface area contributed by atoms with Crippen LogP contribution in [-0.4, -0.2) is 227 Å². The van der Waals surface area contributed by atoms with Gasteiger partial charge in [0.05, 0.1) is 44.2 Å². The van der Waals surface area contributed by atoms with Gasteiger partial charge < -0.3 is 87.8 Å². The Balaban J connectivity index is -0.00000125. The van der Waals surface area contributed by atoms with Gasteiger partial charge in [-0.25, -0.2) is 0 Å². The number of carbonyl (C=O) groups is 1. The molecule has 10 rings (SSSR count). The zero-order valence-electron chi connectivity index (χ0n) is 69.8. The first-order chi connectivity index (χ1) is 51.8. The fraction of sp³-hybridized carbons (Fsp3) is 0.469. The third kappa shape index (κ3) is 37.6. The minimum Gasteiger partial charge on any atom is 0 e. The SMILES string of the molecule is CN/C(C)=C1/CCN=CC1=N.CN=C(C)C1=C(N)C(=O)N(Cc2ccc(OC)cc2)CC1.CN=C(C)C1=C(N)CN(Cc2ccc(OC)cc2)CC1.CN=C(C)C1=C(N)CNCC1.CN=C1C=NCCC1=C(C)N.CN=C1CN(Cc2ccc(OC)cc2)CCC1=C(C)N.CN=C1CNCCC1=C(C)N.O.O.[CH3-].[O]=[Mn]=[O].[Pd].[Pd]. The van der Waals surface area contributed by atoms with Crippen LogP contribution in [0.1, 0.15) is 110 Å². The summed E-state index contributed by atoms with van der Waals surface area (Å²) in [5.41, 5.74) is 59.5. The van der Waals surface area contributed by atoms with Gasteiger partial charge in [-0.3, -0.25) is 59.9 Å². The molecule has 635 valence electrons. The van der Waals surface area contributed by atoms with Crippen LogP contribution in [0.25, 0.3) is 0 Å². The molecule has 2 fully saturated rings. The van der Waals surface area contributed by atoms with E-state index in [2.05, 4.69) is 90.0 Å². The number of amides is 1. The summed E-state index contributed by atoms with van der Waals surface area (Å²) < 4.78 is 32.3. The van der Waals surface area contributed by atoms with Gasteiger partial charge >= 0.3 is 22.5 Å². The molecule has 0 aliphatic carbocycles. The number of nitrogens with two attached hydrogens (primary N) is 6. The van der Waals surface area contributed by atoms with E-state index in [9.17, 15) is 4.79 Å². The second kappa shape index (κ2) is 60.1. The number of aliphatic imine (C=N–C) groups is 8. The van der Waals surface area contributed by atoms with Crippen molar-refractivity contribution in [3.8, 4) is 17.2 Å². The first-order valence-electron chi connectivity index (χ1n) is 36.2. The van der Waals surface area contributed by atoms with E-state index >= 15 is 0 Å². The van der Waals surface area contributed by atoms with Crippen molar-refractivity contribution in [3.05, 3.63) is 176 Å². The molecule has 2 saturated heterocycles. The smallest absolute Gasteiger partial charge is 0 e. The number of piperidine rings is 2. The van der Waals surface area contributed by atoms with Crippen molar-refractivity contribution in [1.29, 1.82) is 5.41 Å². The Morgan fingerprint density at radius 2 is 0.929 bits per heavy atom. The third-order valence-corrected chi connectivity index (χ3v) is 18.8. The minimum absolute atomic E-state index is 0. The van der Waals surface area contributed by atoms with Crippen LogP contribution in [0.4, 0.5) is 0 Å². The fourth-order valence-corrected chi connectivity index (χ4v) is 12.2. The Bertz CT molecular complexity index is 3970. The summed E-state index contributed by atoms with van der Waals surface area (Å²) in [6, 6.07) is 24.1. The average molecular weight is 1790 g/mol. The summed E-state index contributed by atoms with van der Waals surface area (Å²) >= 11 is -1.44. The molecular formula is C81H130MnN21O8Pd2-. The standard InChI is InChI=1S/C16H21N3O2.2C16H23N3O.C8H15N3.C8H13N3.C8H15N3.C8H13N3.CH3.Mn.2H2O.2O.2Pd/c1-11(18-2)14-8-9-19(16(20)15(14)17)10-12-4-6-13(21-3)7-5-12;1-12(18-2)15-8-9-19(11-16(15)17)10-13-4-6-14(20-3)7-5-13;1-12(17)15-8-9-19(11-16(15)18-2)10-13-4-6-14(20-3)7-5-13;2*1-6(10-2)7-3-4-11-5-8(7)9;2*1-6(9)7-3-4-11-5-8(7)10-2;;;;;;;;/h4-7H,8-10,17H2,1-3H3;2*4-7H,8-11,17H2,1-3H3;11H,3-5,9H2,1-2H3;5,9-10H,3-4H2,1-2H3;11H,3-5,9H2,1-2H3;5H,3-4,9H2,1-2H3;1H3;;2*1H2;;;;/q;;;;;;;-1;;;;;;;/b;;;;7-6-,9-8?;;;;;;;;;;. The van der Waals surface area contributed by atoms with Crippen molar-refractivity contribution in [2.75, 3.05) is 143 Å². The molecule has 1 amide bonds. The Labute approximate surface area is 706 Å². The molecule has 0 bridgehead atoms. The molecule has 0 atom stereocenters. The van der Waals surface area contributed by atoms with Crippen LogP contribution in [0.3, 0.4) is 0 Å². The number of ether oxygens (including phenoxy) is 3. The molecule has 0 spiro atoms. The summed E-state index contributed by atoms with van der Waals surface area (Å²) in [6.07, 6.45) is 9.94. The van der Waals surface area contributed by atoms with E-state index in [1.165, 1.54) is 33.4 Å². The molecule has 0 saturated carbocycles. The number of hydrogen-bond donors (Lipinski definition) is 10. The fourth-order valence-electron chi connectivity index (χ4n) is 12.2. The van der Waals surface area contributed by atoms with Crippen LogP contribution in [0.15, 0.2) is 192 Å². The van der Waals surface area contributed by atoms with Crippen LogP contribution in [0.2, 0.25) is 0 Å². The number of nitrogens with zero attached hydrogens (tertiary/aromatic N) is 11. The topological polar surface area (TPSA) is 467 Å². The van der Waals surface area contributed by atoms with E-state index in [1.807, 2.05) is 125 Å². The summed E-state index contributed by atoms with van der Waals surface area (Å²) in [6.45, 7) is 25.9. The average Bonchev–Trinajstić information content (AvgIpc) is 0.819. The van der Waals surface area contributed by atoms with Gasteiger partial charge in [-0.1, -0.05) is 36.4 Å². The number of benzene rings is 3. The van der Waals surface area contributed by atoms with Crippen LogP contribution < -0.4 is 64.6 Å². The zero-order chi connectivity index (χ0) is 80.3. The zero-order valence-corrected chi connectivity index (χ0v) is 74.1. The van der Waals surface area contributed by atoms with Crippen molar-refractivity contribution < 1.29 is 93.3 Å². The molecule has 3 aromatic rings. The molecule has 32 heteroatoms. The Kier molecular flexibility index (Phi) is 57.9. The summed E-state index contributed by atoms with van der Waals surface area (Å²) in [5, 5.41) is 17.0. The number of nitrogens with one attached hydrogen (secondary N) is 4. The molecule has 0 unspecified atom stereocenters. The predicted octanol–water partition coefficient (Wildman–Crippen LogP) is 7.00. The Morgan fingerprint density at radius 3 is 1.34 bits per heavy atom. The molecule has 7 heterocycles. The first-order valence-corrected chi connectivity index (χ1v) is 37.1. The van der Waals surface area contributed by atoms with E-state index < -0.39 is 14.8 Å². The molecule has 3 aromatic carbocycles. The molecule has 7 aliphatic rings. The van der Waals surface area contributed by atoms with E-state index in [1.54, 1.807) is 59.8 Å². The summed E-state index contributed by atoms with van der Waals surface area (Å²) in [7, 11) is 17.6. The molecule has 7 aliphatic heterocycles. The van der Waals surface area contributed by atoms with E-state index in [-0.39, 0.29) is 65.1 Å². The molecule has 20 N–H and O–H groups in total. The number of rotatable bonds is 13. The first kappa shape index (κ1) is 109. The quantitative estimate of drug-likeness (QED) is 0.0467. The van der Waals surface area contributed by atoms with Gasteiger partial charge in [0.2, 0.25) is 0 Å². The number of likely N-dealkylation sites (tertiary alicyclic amines) is 1. The summed E-state index contributed by atoms with van der Waals surface area (Å²) in [4.78, 5) is 52.1. The monoisotopic (exact) mass is 1790 g/mol. The molecule has 0 radical (unpaired) electrons. The van der Waals surface area contributed by atoms with E-state index in [0.717, 1.165) is 231 Å². The van der Waals surface area contributed by atoms with Crippen molar-refractivity contribution in [2.24, 2.45) is 74.3 Å².